The summed E-state index contributed by atoms with van der Waals surface area (Å²) in [7, 11) is 5.01. The molecule has 132 valence electrons. The van der Waals surface area contributed by atoms with E-state index in [1.807, 2.05) is 24.3 Å². The maximum Gasteiger partial charge on any atom is 0.180 e. The summed E-state index contributed by atoms with van der Waals surface area (Å²) in [6.45, 7) is 0.892. The molecule has 3 rings (SSSR count). The number of benzene rings is 2. The highest BCUT2D eigenvalue weighted by Gasteiger charge is 2.13. The molecule has 0 saturated carbocycles. The van der Waals surface area contributed by atoms with E-state index in [2.05, 4.69) is 35.2 Å². The standard InChI is InChI=1S/C20H22NO3.ClH/c1-22-17-7-4-15(5-8-17)10-12-21-13-11-16-6-9-19(23-2)20(24-3)18(16)14-21;/h4-9,11,13-14H,10,12H2,1-3H3;1H/q+1;/p-1. The molecule has 0 aliphatic heterocycles. The van der Waals surface area contributed by atoms with E-state index in [4.69, 9.17) is 14.2 Å². The van der Waals surface area contributed by atoms with E-state index in [1.165, 1.54) is 5.56 Å². The van der Waals surface area contributed by atoms with Crippen molar-refractivity contribution in [3.8, 4) is 17.2 Å². The molecule has 0 aliphatic rings. The number of pyridine rings is 1. The van der Waals surface area contributed by atoms with E-state index in [0.717, 1.165) is 41.0 Å². The number of hydrogen-bond acceptors (Lipinski definition) is 3. The molecule has 0 unspecified atom stereocenters. The third kappa shape index (κ3) is 4.15. The lowest BCUT2D eigenvalue weighted by Gasteiger charge is -2.09. The van der Waals surface area contributed by atoms with Gasteiger partial charge >= 0.3 is 0 Å². The van der Waals surface area contributed by atoms with Gasteiger partial charge in [0.05, 0.1) is 26.7 Å². The summed E-state index contributed by atoms with van der Waals surface area (Å²) in [6, 6.07) is 14.3. The van der Waals surface area contributed by atoms with E-state index < -0.39 is 0 Å². The zero-order valence-corrected chi connectivity index (χ0v) is 15.4. The molecular formula is C20H22ClNO3. The first-order valence-corrected chi connectivity index (χ1v) is 7.92. The number of aryl methyl sites for hydroxylation is 2. The summed E-state index contributed by atoms with van der Waals surface area (Å²) in [6.07, 6.45) is 5.16. The fraction of sp³-hybridized carbons (Fsp3) is 0.250. The maximum absolute atomic E-state index is 5.54. The van der Waals surface area contributed by atoms with Crippen LogP contribution in [0.25, 0.3) is 10.8 Å². The van der Waals surface area contributed by atoms with Gasteiger partial charge in [-0.1, -0.05) is 12.1 Å². The van der Waals surface area contributed by atoms with Crippen LogP contribution in [-0.4, -0.2) is 21.3 Å². The van der Waals surface area contributed by atoms with E-state index in [9.17, 15) is 0 Å². The number of methoxy groups -OCH3 is 3. The summed E-state index contributed by atoms with van der Waals surface area (Å²) in [5.74, 6) is 2.40. The number of aromatic nitrogens is 1. The van der Waals surface area contributed by atoms with Crippen molar-refractivity contribution < 1.29 is 31.2 Å². The summed E-state index contributed by atoms with van der Waals surface area (Å²) in [5.41, 5.74) is 1.28. The maximum atomic E-state index is 5.54. The number of ether oxygens (including phenoxy) is 3. The molecule has 4 nitrogen and oxygen atoms in total. The molecule has 0 bridgehead atoms. The highest BCUT2D eigenvalue weighted by Crippen LogP contribution is 2.34. The van der Waals surface area contributed by atoms with Crippen LogP contribution in [0.15, 0.2) is 54.9 Å². The summed E-state index contributed by atoms with van der Waals surface area (Å²) >= 11 is 0. The Labute approximate surface area is 154 Å². The van der Waals surface area contributed by atoms with E-state index in [1.54, 1.807) is 21.3 Å². The van der Waals surface area contributed by atoms with Gasteiger partial charge in [0.1, 0.15) is 5.75 Å². The minimum absolute atomic E-state index is 0. The molecule has 5 heteroatoms. The normalized spacial score (nSPS) is 10.2. The zero-order chi connectivity index (χ0) is 16.9. The highest BCUT2D eigenvalue weighted by atomic mass is 35.5. The van der Waals surface area contributed by atoms with Crippen molar-refractivity contribution >= 4 is 10.8 Å². The zero-order valence-electron chi connectivity index (χ0n) is 14.7. The van der Waals surface area contributed by atoms with Crippen LogP contribution in [0.2, 0.25) is 0 Å². The van der Waals surface area contributed by atoms with Crippen molar-refractivity contribution in [2.45, 2.75) is 13.0 Å². The third-order valence-corrected chi connectivity index (χ3v) is 4.18. The molecule has 1 aromatic heterocycles. The minimum Gasteiger partial charge on any atom is -1.00 e. The predicted molar refractivity (Wildman–Crippen MR) is 93.9 cm³/mol. The first-order chi connectivity index (χ1) is 11.7. The second kappa shape index (κ2) is 8.58. The van der Waals surface area contributed by atoms with E-state index in [-0.39, 0.29) is 12.4 Å². The molecule has 0 fully saturated rings. The van der Waals surface area contributed by atoms with Crippen molar-refractivity contribution in [3.05, 3.63) is 60.4 Å². The van der Waals surface area contributed by atoms with Gasteiger partial charge in [0.15, 0.2) is 30.4 Å². The average Bonchev–Trinajstić information content (AvgIpc) is 2.65. The van der Waals surface area contributed by atoms with Crippen LogP contribution in [0.1, 0.15) is 5.56 Å². The van der Waals surface area contributed by atoms with Crippen LogP contribution in [0.4, 0.5) is 0 Å². The van der Waals surface area contributed by atoms with Crippen LogP contribution >= 0.6 is 0 Å². The Morgan fingerprint density at radius 1 is 0.840 bits per heavy atom. The molecule has 0 saturated heterocycles. The Hall–Kier alpha value is -2.46. The Bertz CT molecular complexity index is 834. The van der Waals surface area contributed by atoms with Crippen molar-refractivity contribution in [1.29, 1.82) is 0 Å². The third-order valence-electron chi connectivity index (χ3n) is 4.18. The van der Waals surface area contributed by atoms with Gasteiger partial charge in [-0.05, 0) is 35.2 Å². The Morgan fingerprint density at radius 3 is 2.24 bits per heavy atom. The second-order valence-corrected chi connectivity index (χ2v) is 5.58. The van der Waals surface area contributed by atoms with E-state index >= 15 is 0 Å². The van der Waals surface area contributed by atoms with Gasteiger partial charge in [0, 0.05) is 12.5 Å². The molecule has 1 heterocycles. The van der Waals surface area contributed by atoms with Crippen molar-refractivity contribution in [1.82, 2.24) is 0 Å². The first-order valence-electron chi connectivity index (χ1n) is 7.92. The largest absolute Gasteiger partial charge is 1.00 e. The number of rotatable bonds is 6. The summed E-state index contributed by atoms with van der Waals surface area (Å²) < 4.78 is 18.3. The lowest BCUT2D eigenvalue weighted by molar-refractivity contribution is -0.695. The monoisotopic (exact) mass is 359 g/mol. The molecule has 25 heavy (non-hydrogen) atoms. The number of halogens is 1. The molecule has 0 atom stereocenters. The first kappa shape index (κ1) is 18.9. The van der Waals surface area contributed by atoms with Crippen molar-refractivity contribution in [2.24, 2.45) is 0 Å². The molecule has 0 radical (unpaired) electrons. The average molecular weight is 360 g/mol. The predicted octanol–water partition coefficient (Wildman–Crippen LogP) is 0.400. The van der Waals surface area contributed by atoms with Crippen molar-refractivity contribution in [2.75, 3.05) is 21.3 Å². The second-order valence-electron chi connectivity index (χ2n) is 5.58. The highest BCUT2D eigenvalue weighted by molar-refractivity contribution is 5.89. The Balaban J connectivity index is 0.00000225. The molecule has 0 N–H and O–H groups in total. The Kier molecular flexibility index (Phi) is 6.48. The summed E-state index contributed by atoms with van der Waals surface area (Å²) in [5, 5.41) is 2.18. The van der Waals surface area contributed by atoms with Gasteiger partial charge in [-0.15, -0.1) is 0 Å². The van der Waals surface area contributed by atoms with Gasteiger partial charge in [-0.3, -0.25) is 0 Å². The number of hydrogen-bond donors (Lipinski definition) is 0. The molecule has 0 spiro atoms. The van der Waals surface area contributed by atoms with Crippen LogP contribution in [-0.2, 0) is 13.0 Å². The van der Waals surface area contributed by atoms with Gasteiger partial charge in [-0.25, -0.2) is 4.57 Å². The molecule has 2 aromatic carbocycles. The lowest BCUT2D eigenvalue weighted by Crippen LogP contribution is -3.00. The van der Waals surface area contributed by atoms with Gasteiger partial charge in [-0.2, -0.15) is 0 Å². The number of fused-ring (bicyclic) bond motifs is 1. The smallest absolute Gasteiger partial charge is 0.180 e. The molecule has 0 amide bonds. The van der Waals surface area contributed by atoms with Gasteiger partial charge in [0.2, 0.25) is 0 Å². The summed E-state index contributed by atoms with van der Waals surface area (Å²) in [4.78, 5) is 0. The van der Waals surface area contributed by atoms with Crippen molar-refractivity contribution in [3.63, 3.8) is 0 Å². The van der Waals surface area contributed by atoms with Crippen LogP contribution in [0.5, 0.6) is 17.2 Å². The van der Waals surface area contributed by atoms with Gasteiger partial charge in [0.25, 0.3) is 0 Å². The van der Waals surface area contributed by atoms with E-state index in [0.29, 0.717) is 0 Å². The fourth-order valence-electron chi connectivity index (χ4n) is 2.82. The topological polar surface area (TPSA) is 31.6 Å². The number of nitrogens with zero attached hydrogens (tertiary/aromatic N) is 1. The fourth-order valence-corrected chi connectivity index (χ4v) is 2.82. The molecule has 0 aliphatic carbocycles. The van der Waals surface area contributed by atoms with Crippen LogP contribution in [0, 0.1) is 0 Å². The van der Waals surface area contributed by atoms with Gasteiger partial charge < -0.3 is 26.6 Å². The molecular weight excluding hydrogens is 338 g/mol. The van der Waals surface area contributed by atoms with Crippen LogP contribution < -0.4 is 31.2 Å². The minimum atomic E-state index is 0. The SMILES string of the molecule is COc1ccc(CC[n+]2ccc3ccc(OC)c(OC)c3c2)cc1.[Cl-]. The lowest BCUT2D eigenvalue weighted by atomic mass is 10.1. The molecule has 3 aromatic rings. The Morgan fingerprint density at radius 2 is 1.60 bits per heavy atom. The quantitative estimate of drug-likeness (QED) is 0.597. The van der Waals surface area contributed by atoms with Crippen LogP contribution in [0.3, 0.4) is 0 Å².